The lowest BCUT2D eigenvalue weighted by atomic mass is 9.70. The number of amides is 1. The van der Waals surface area contributed by atoms with Crippen LogP contribution in [0.5, 0.6) is 0 Å². The van der Waals surface area contributed by atoms with E-state index in [1.807, 2.05) is 20.0 Å². The van der Waals surface area contributed by atoms with Gasteiger partial charge in [0.05, 0.1) is 11.7 Å². The van der Waals surface area contributed by atoms with Gasteiger partial charge in [0.1, 0.15) is 5.76 Å². The average Bonchev–Trinajstić information content (AvgIpc) is 2.85. The minimum atomic E-state index is -0.348. The zero-order chi connectivity index (χ0) is 14.8. The van der Waals surface area contributed by atoms with Crippen LogP contribution >= 0.6 is 0 Å². The zero-order valence-corrected chi connectivity index (χ0v) is 12.8. The maximum atomic E-state index is 12.8. The summed E-state index contributed by atoms with van der Waals surface area (Å²) in [6.07, 6.45) is 5.70. The van der Waals surface area contributed by atoms with Crippen molar-refractivity contribution < 1.29 is 9.21 Å². The van der Waals surface area contributed by atoms with E-state index < -0.39 is 0 Å². The minimum Gasteiger partial charge on any atom is -0.469 e. The van der Waals surface area contributed by atoms with Gasteiger partial charge >= 0.3 is 0 Å². The second-order valence-corrected chi connectivity index (χ2v) is 6.33. The number of nitrogens with zero attached hydrogens (tertiary/aromatic N) is 1. The highest BCUT2D eigenvalue weighted by Gasteiger charge is 2.41. The molecule has 1 amide bonds. The average molecular weight is 278 g/mol. The van der Waals surface area contributed by atoms with Gasteiger partial charge in [-0.2, -0.15) is 0 Å². The molecule has 1 aliphatic rings. The number of furan rings is 1. The Labute approximate surface area is 121 Å². The van der Waals surface area contributed by atoms with Crippen molar-refractivity contribution in [1.29, 1.82) is 0 Å². The molecule has 2 rings (SSSR count). The monoisotopic (exact) mass is 278 g/mol. The number of nitrogens with two attached hydrogens (primary N) is 1. The molecule has 0 aliphatic heterocycles. The van der Waals surface area contributed by atoms with Gasteiger partial charge in [-0.25, -0.2) is 0 Å². The van der Waals surface area contributed by atoms with Crippen LogP contribution in [0.4, 0.5) is 0 Å². The van der Waals surface area contributed by atoms with Crippen LogP contribution in [0.25, 0.3) is 0 Å². The van der Waals surface area contributed by atoms with Crippen LogP contribution in [0.1, 0.15) is 43.9 Å². The van der Waals surface area contributed by atoms with Crippen molar-refractivity contribution in [3.8, 4) is 0 Å². The van der Waals surface area contributed by atoms with Crippen molar-refractivity contribution in [2.45, 2.75) is 46.1 Å². The molecule has 1 aromatic rings. The Balaban J connectivity index is 2.06. The Kier molecular flexibility index (Phi) is 4.53. The Morgan fingerprint density at radius 2 is 2.15 bits per heavy atom. The van der Waals surface area contributed by atoms with Gasteiger partial charge in [0, 0.05) is 25.7 Å². The van der Waals surface area contributed by atoms with Gasteiger partial charge in [0.2, 0.25) is 5.91 Å². The van der Waals surface area contributed by atoms with E-state index in [-0.39, 0.29) is 11.3 Å². The van der Waals surface area contributed by atoms with E-state index in [0.29, 0.717) is 19.0 Å². The third-order valence-corrected chi connectivity index (χ3v) is 4.80. The number of carbonyl (C=O) groups is 1. The molecule has 0 saturated heterocycles. The predicted octanol–water partition coefficient (Wildman–Crippen LogP) is 2.70. The lowest BCUT2D eigenvalue weighted by Crippen LogP contribution is -2.48. The number of hydrogen-bond donors (Lipinski definition) is 1. The van der Waals surface area contributed by atoms with Crippen molar-refractivity contribution >= 4 is 5.91 Å². The normalized spacial score (nSPS) is 26.5. The van der Waals surface area contributed by atoms with E-state index in [2.05, 4.69) is 6.92 Å². The quantitative estimate of drug-likeness (QED) is 0.921. The first-order valence-electron chi connectivity index (χ1n) is 7.47. The standard InChI is InChI=1S/C16H26N2O2/c1-12-4-7-16(11-17,8-5-12)15(19)18(3)10-14-6-9-20-13(14)2/h6,9,12H,4-5,7-8,10-11,17H2,1-3H3. The van der Waals surface area contributed by atoms with E-state index in [1.165, 1.54) is 0 Å². The number of aryl methyl sites for hydroxylation is 1. The molecule has 2 N–H and O–H groups in total. The van der Waals surface area contributed by atoms with Crippen LogP contribution in [-0.4, -0.2) is 24.4 Å². The largest absolute Gasteiger partial charge is 0.469 e. The summed E-state index contributed by atoms with van der Waals surface area (Å²) < 4.78 is 5.29. The van der Waals surface area contributed by atoms with Gasteiger partial charge in [-0.15, -0.1) is 0 Å². The van der Waals surface area contributed by atoms with E-state index >= 15 is 0 Å². The van der Waals surface area contributed by atoms with Crippen molar-refractivity contribution in [3.63, 3.8) is 0 Å². The first-order chi connectivity index (χ1) is 9.48. The molecular formula is C16H26N2O2. The van der Waals surface area contributed by atoms with Crippen molar-refractivity contribution in [1.82, 2.24) is 4.90 Å². The van der Waals surface area contributed by atoms with Crippen molar-refractivity contribution in [3.05, 3.63) is 23.7 Å². The SMILES string of the molecule is Cc1occc1CN(C)C(=O)C1(CN)CCC(C)CC1. The summed E-state index contributed by atoms with van der Waals surface area (Å²) in [5.74, 6) is 1.78. The first kappa shape index (κ1) is 15.1. The second kappa shape index (κ2) is 6.00. The van der Waals surface area contributed by atoms with Gasteiger partial charge in [-0.1, -0.05) is 6.92 Å². The molecule has 0 unspecified atom stereocenters. The van der Waals surface area contributed by atoms with E-state index in [1.54, 1.807) is 11.2 Å². The van der Waals surface area contributed by atoms with Crippen molar-refractivity contribution in [2.75, 3.05) is 13.6 Å². The molecule has 20 heavy (non-hydrogen) atoms. The third-order valence-electron chi connectivity index (χ3n) is 4.80. The summed E-state index contributed by atoms with van der Waals surface area (Å²) in [5.41, 5.74) is 6.68. The van der Waals surface area contributed by atoms with Crippen LogP contribution in [-0.2, 0) is 11.3 Å². The fourth-order valence-corrected chi connectivity index (χ4v) is 3.13. The molecule has 1 fully saturated rings. The maximum Gasteiger partial charge on any atom is 0.230 e. The molecule has 0 spiro atoms. The van der Waals surface area contributed by atoms with Gasteiger partial charge in [-0.05, 0) is 44.6 Å². The Bertz CT molecular complexity index is 459. The highest BCUT2D eigenvalue weighted by Crippen LogP contribution is 2.39. The summed E-state index contributed by atoms with van der Waals surface area (Å²) in [6, 6.07) is 1.93. The lowest BCUT2D eigenvalue weighted by molar-refractivity contribution is -0.143. The lowest BCUT2D eigenvalue weighted by Gasteiger charge is -2.39. The minimum absolute atomic E-state index is 0.188. The third kappa shape index (κ3) is 2.90. The molecule has 4 nitrogen and oxygen atoms in total. The van der Waals surface area contributed by atoms with Crippen LogP contribution in [0, 0.1) is 18.3 Å². The highest BCUT2D eigenvalue weighted by molar-refractivity contribution is 5.83. The molecule has 112 valence electrons. The summed E-state index contributed by atoms with van der Waals surface area (Å²) in [4.78, 5) is 14.6. The maximum absolute atomic E-state index is 12.8. The van der Waals surface area contributed by atoms with Crippen LogP contribution in [0.15, 0.2) is 16.7 Å². The number of carbonyl (C=O) groups excluding carboxylic acids is 1. The summed E-state index contributed by atoms with van der Waals surface area (Å²) >= 11 is 0. The van der Waals surface area contributed by atoms with Gasteiger partial charge in [0.25, 0.3) is 0 Å². The summed E-state index contributed by atoms with van der Waals surface area (Å²) in [7, 11) is 1.87. The van der Waals surface area contributed by atoms with Gasteiger partial charge in [-0.3, -0.25) is 4.79 Å². The van der Waals surface area contributed by atoms with E-state index in [0.717, 1.165) is 37.0 Å². The van der Waals surface area contributed by atoms with Gasteiger partial charge < -0.3 is 15.1 Å². The molecule has 0 bridgehead atoms. The van der Waals surface area contributed by atoms with Crippen LogP contribution in [0.3, 0.4) is 0 Å². The molecule has 1 heterocycles. The van der Waals surface area contributed by atoms with E-state index in [9.17, 15) is 4.79 Å². The predicted molar refractivity (Wildman–Crippen MR) is 79.0 cm³/mol. The summed E-state index contributed by atoms with van der Waals surface area (Å²) in [5, 5.41) is 0. The molecular weight excluding hydrogens is 252 g/mol. The fourth-order valence-electron chi connectivity index (χ4n) is 3.13. The molecule has 0 atom stereocenters. The fraction of sp³-hybridized carbons (Fsp3) is 0.688. The topological polar surface area (TPSA) is 59.5 Å². The molecule has 0 radical (unpaired) electrons. The smallest absolute Gasteiger partial charge is 0.230 e. The number of hydrogen-bond acceptors (Lipinski definition) is 3. The Morgan fingerprint density at radius 1 is 1.50 bits per heavy atom. The number of rotatable bonds is 4. The van der Waals surface area contributed by atoms with Crippen molar-refractivity contribution in [2.24, 2.45) is 17.1 Å². The van der Waals surface area contributed by atoms with Crippen LogP contribution in [0.2, 0.25) is 0 Å². The molecule has 1 aromatic heterocycles. The zero-order valence-electron chi connectivity index (χ0n) is 12.8. The van der Waals surface area contributed by atoms with E-state index in [4.69, 9.17) is 10.2 Å². The first-order valence-corrected chi connectivity index (χ1v) is 7.47. The Hall–Kier alpha value is -1.29. The molecule has 4 heteroatoms. The van der Waals surface area contributed by atoms with Crippen LogP contribution < -0.4 is 5.73 Å². The molecule has 1 saturated carbocycles. The summed E-state index contributed by atoms with van der Waals surface area (Å²) in [6.45, 7) is 5.23. The second-order valence-electron chi connectivity index (χ2n) is 6.33. The molecule has 0 aromatic carbocycles. The highest BCUT2D eigenvalue weighted by atomic mass is 16.3. The van der Waals surface area contributed by atoms with Gasteiger partial charge in [0.15, 0.2) is 0 Å². The molecule has 1 aliphatic carbocycles. The Morgan fingerprint density at radius 3 is 2.65 bits per heavy atom.